The van der Waals surface area contributed by atoms with Gasteiger partial charge in [0, 0.05) is 24.6 Å². The van der Waals surface area contributed by atoms with E-state index in [1.165, 1.54) is 0 Å². The molecule has 1 amide bonds. The van der Waals surface area contributed by atoms with Crippen LogP contribution in [0.5, 0.6) is 11.5 Å². The molecule has 1 heterocycles. The fourth-order valence-electron chi connectivity index (χ4n) is 2.34. The van der Waals surface area contributed by atoms with Crippen LogP contribution in [-0.2, 0) is 6.42 Å². The lowest BCUT2D eigenvalue weighted by Gasteiger charge is -2.19. The lowest BCUT2D eigenvalue weighted by molar-refractivity contribution is 0.132. The minimum atomic E-state index is -0.469. The quantitative estimate of drug-likeness (QED) is 0.891. The second-order valence-electron chi connectivity index (χ2n) is 5.80. The fourth-order valence-corrected chi connectivity index (χ4v) is 2.34. The molecule has 0 aromatic heterocycles. The van der Waals surface area contributed by atoms with Crippen LogP contribution in [0.25, 0.3) is 0 Å². The lowest BCUT2D eigenvalue weighted by Crippen LogP contribution is -2.25. The van der Waals surface area contributed by atoms with Crippen LogP contribution in [0.3, 0.4) is 0 Å². The van der Waals surface area contributed by atoms with Crippen molar-refractivity contribution >= 4 is 6.09 Å². The Morgan fingerprint density at radius 1 is 1.42 bits per heavy atom. The highest BCUT2D eigenvalue weighted by molar-refractivity contribution is 5.72. The first kappa shape index (κ1) is 13.7. The summed E-state index contributed by atoms with van der Waals surface area (Å²) >= 11 is 0. The summed E-state index contributed by atoms with van der Waals surface area (Å²) in [5, 5.41) is 2.47. The molecule has 1 aliphatic heterocycles. The average Bonchev–Trinajstić information content (AvgIpc) is 2.63. The molecule has 0 bridgehead atoms. The number of fused-ring (bicyclic) bond motifs is 1. The first-order valence-electron chi connectivity index (χ1n) is 6.58. The van der Waals surface area contributed by atoms with E-state index in [4.69, 9.17) is 9.47 Å². The molecule has 0 radical (unpaired) electrons. The molecule has 0 spiro atoms. The molecule has 104 valence electrons. The van der Waals surface area contributed by atoms with Crippen LogP contribution in [0, 0.1) is 0 Å². The number of rotatable bonds is 2. The summed E-state index contributed by atoms with van der Waals surface area (Å²) in [6.07, 6.45) is 0.355. The third-order valence-corrected chi connectivity index (χ3v) is 3.24. The molecule has 0 saturated carbocycles. The van der Waals surface area contributed by atoms with E-state index in [1.54, 1.807) is 7.05 Å². The van der Waals surface area contributed by atoms with E-state index < -0.39 is 6.09 Å². The van der Waals surface area contributed by atoms with Crippen molar-refractivity contribution in [2.75, 3.05) is 7.05 Å². The van der Waals surface area contributed by atoms with Gasteiger partial charge >= 0.3 is 6.09 Å². The van der Waals surface area contributed by atoms with Crippen molar-refractivity contribution in [3.8, 4) is 11.5 Å². The Morgan fingerprint density at radius 2 is 2.11 bits per heavy atom. The van der Waals surface area contributed by atoms with Crippen molar-refractivity contribution in [1.29, 1.82) is 0 Å². The van der Waals surface area contributed by atoms with Crippen LogP contribution in [-0.4, -0.2) is 18.7 Å². The molecule has 1 aromatic carbocycles. The molecule has 0 fully saturated rings. The molecule has 0 unspecified atom stereocenters. The Hall–Kier alpha value is -1.71. The van der Waals surface area contributed by atoms with Gasteiger partial charge < -0.3 is 14.8 Å². The summed E-state index contributed by atoms with van der Waals surface area (Å²) in [7, 11) is 1.55. The van der Waals surface area contributed by atoms with Gasteiger partial charge in [-0.15, -0.1) is 0 Å². The van der Waals surface area contributed by atoms with Gasteiger partial charge in [-0.1, -0.05) is 26.0 Å². The topological polar surface area (TPSA) is 47.6 Å². The van der Waals surface area contributed by atoms with Crippen LogP contribution < -0.4 is 14.8 Å². The van der Waals surface area contributed by atoms with E-state index in [0.29, 0.717) is 11.5 Å². The molecule has 0 saturated heterocycles. The summed E-state index contributed by atoms with van der Waals surface area (Å²) in [4.78, 5) is 11.5. The number of carbonyl (C=O) groups excluding carboxylic acids is 1. The summed E-state index contributed by atoms with van der Waals surface area (Å²) < 4.78 is 11.4. The highest BCUT2D eigenvalue weighted by Crippen LogP contribution is 2.45. The Morgan fingerprint density at radius 3 is 2.68 bits per heavy atom. The van der Waals surface area contributed by atoms with E-state index in [0.717, 1.165) is 17.5 Å². The van der Waals surface area contributed by atoms with Gasteiger partial charge in [0.05, 0.1) is 0 Å². The van der Waals surface area contributed by atoms with Crippen LogP contribution >= 0.6 is 0 Å². The van der Waals surface area contributed by atoms with Crippen LogP contribution in [0.4, 0.5) is 4.79 Å². The van der Waals surface area contributed by atoms with Gasteiger partial charge in [0.25, 0.3) is 0 Å². The van der Waals surface area contributed by atoms with E-state index in [-0.39, 0.29) is 11.5 Å². The molecule has 19 heavy (non-hydrogen) atoms. The Bertz CT molecular complexity index is 506. The second-order valence-corrected chi connectivity index (χ2v) is 5.80. The smallest absolute Gasteiger partial charge is 0.412 e. The number of nitrogens with one attached hydrogen (secondary N) is 1. The number of amides is 1. The molecule has 0 atom stereocenters. The first-order chi connectivity index (χ1) is 8.84. The maximum Gasteiger partial charge on any atom is 0.412 e. The third kappa shape index (κ3) is 2.67. The predicted molar refractivity (Wildman–Crippen MR) is 74.0 cm³/mol. The molecule has 4 nitrogen and oxygen atoms in total. The predicted octanol–water partition coefficient (Wildman–Crippen LogP) is 3.24. The lowest BCUT2D eigenvalue weighted by atomic mass is 9.96. The van der Waals surface area contributed by atoms with Crippen molar-refractivity contribution in [2.45, 2.75) is 45.6 Å². The Balaban J connectivity index is 2.48. The van der Waals surface area contributed by atoms with Gasteiger partial charge in [-0.3, -0.25) is 0 Å². The van der Waals surface area contributed by atoms with Crippen molar-refractivity contribution in [2.24, 2.45) is 0 Å². The van der Waals surface area contributed by atoms with E-state index >= 15 is 0 Å². The Labute approximate surface area is 114 Å². The highest BCUT2D eigenvalue weighted by Gasteiger charge is 2.34. The number of carbonyl (C=O) groups is 1. The monoisotopic (exact) mass is 263 g/mol. The van der Waals surface area contributed by atoms with Crippen molar-refractivity contribution in [1.82, 2.24) is 5.32 Å². The van der Waals surface area contributed by atoms with Crippen molar-refractivity contribution in [3.63, 3.8) is 0 Å². The highest BCUT2D eigenvalue weighted by atomic mass is 16.6. The number of benzene rings is 1. The van der Waals surface area contributed by atoms with Crippen molar-refractivity contribution < 1.29 is 14.3 Å². The molecule has 1 aromatic rings. The summed E-state index contributed by atoms with van der Waals surface area (Å²) in [6, 6.07) is 4.09. The normalized spacial score (nSPS) is 15.9. The average molecular weight is 263 g/mol. The summed E-state index contributed by atoms with van der Waals surface area (Å²) in [5.41, 5.74) is 1.83. The summed E-state index contributed by atoms with van der Waals surface area (Å²) in [5.74, 6) is 1.52. The van der Waals surface area contributed by atoms with Crippen LogP contribution in [0.2, 0.25) is 0 Å². The van der Waals surface area contributed by atoms with E-state index in [2.05, 4.69) is 25.2 Å². The van der Waals surface area contributed by atoms with Crippen LogP contribution in [0.1, 0.15) is 44.7 Å². The van der Waals surface area contributed by atoms with E-state index in [9.17, 15) is 4.79 Å². The van der Waals surface area contributed by atoms with Gasteiger partial charge in [0.2, 0.25) is 0 Å². The zero-order chi connectivity index (χ0) is 14.2. The third-order valence-electron chi connectivity index (χ3n) is 3.24. The van der Waals surface area contributed by atoms with Gasteiger partial charge in [0.1, 0.15) is 5.60 Å². The number of hydrogen-bond donors (Lipinski definition) is 1. The molecule has 2 rings (SSSR count). The van der Waals surface area contributed by atoms with Gasteiger partial charge in [-0.25, -0.2) is 4.79 Å². The first-order valence-corrected chi connectivity index (χ1v) is 6.58. The molecule has 0 aliphatic carbocycles. The zero-order valence-corrected chi connectivity index (χ0v) is 12.2. The summed E-state index contributed by atoms with van der Waals surface area (Å²) in [6.45, 7) is 8.20. The molecule has 4 heteroatoms. The second kappa shape index (κ2) is 4.76. The zero-order valence-electron chi connectivity index (χ0n) is 12.2. The van der Waals surface area contributed by atoms with Gasteiger partial charge in [-0.2, -0.15) is 0 Å². The standard InChI is InChI=1S/C15H21NO3/c1-9(2)11-7-6-10-8-15(3,4)19-12(10)13(11)18-14(17)16-5/h6-7,9H,8H2,1-5H3,(H,16,17). The minimum Gasteiger partial charge on any atom is -0.483 e. The molecular weight excluding hydrogens is 242 g/mol. The van der Waals surface area contributed by atoms with Gasteiger partial charge in [0.15, 0.2) is 11.5 Å². The number of ether oxygens (including phenoxy) is 2. The Kier molecular flexibility index (Phi) is 3.43. The van der Waals surface area contributed by atoms with E-state index in [1.807, 2.05) is 19.9 Å². The molecule has 1 N–H and O–H groups in total. The SMILES string of the molecule is CNC(=O)Oc1c(C(C)C)ccc2c1OC(C)(C)C2. The van der Waals surface area contributed by atoms with Crippen molar-refractivity contribution in [3.05, 3.63) is 23.3 Å². The number of hydrogen-bond acceptors (Lipinski definition) is 3. The minimum absolute atomic E-state index is 0.251. The fraction of sp³-hybridized carbons (Fsp3) is 0.533. The maximum atomic E-state index is 11.5. The molecule has 1 aliphatic rings. The van der Waals surface area contributed by atoms with Crippen LogP contribution in [0.15, 0.2) is 12.1 Å². The maximum absolute atomic E-state index is 11.5. The van der Waals surface area contributed by atoms with Gasteiger partial charge in [-0.05, 0) is 19.8 Å². The molecular formula is C15H21NO3. The largest absolute Gasteiger partial charge is 0.483 e.